The summed E-state index contributed by atoms with van der Waals surface area (Å²) in [6.07, 6.45) is 1.82. The van der Waals surface area contributed by atoms with Crippen molar-refractivity contribution in [3.8, 4) is 0 Å². The van der Waals surface area contributed by atoms with Crippen LogP contribution in [-0.2, 0) is 9.78 Å². The summed E-state index contributed by atoms with van der Waals surface area (Å²) in [5.41, 5.74) is 0. The van der Waals surface area contributed by atoms with E-state index in [1.54, 1.807) is 7.05 Å². The Morgan fingerprint density at radius 3 is 2.78 bits per heavy atom. The Bertz CT molecular complexity index is 83.1. The highest BCUT2D eigenvalue weighted by atomic mass is 17.2. The van der Waals surface area contributed by atoms with Crippen LogP contribution in [0.15, 0.2) is 4.99 Å². The van der Waals surface area contributed by atoms with E-state index in [0.29, 0.717) is 12.5 Å². The molecule has 54 valence electrons. The SMILES string of the molecule is CN=CC(C)COOC. The molecule has 0 aliphatic heterocycles. The van der Waals surface area contributed by atoms with Crippen LogP contribution in [0.5, 0.6) is 0 Å². The molecule has 0 heterocycles. The number of hydrogen-bond acceptors (Lipinski definition) is 3. The van der Waals surface area contributed by atoms with Crippen LogP contribution >= 0.6 is 0 Å². The van der Waals surface area contributed by atoms with Crippen LogP contribution in [0, 0.1) is 5.92 Å². The van der Waals surface area contributed by atoms with Gasteiger partial charge in [0.15, 0.2) is 0 Å². The number of hydrogen-bond donors (Lipinski definition) is 0. The molecule has 1 atom stereocenters. The van der Waals surface area contributed by atoms with Gasteiger partial charge in [-0.2, -0.15) is 0 Å². The molecule has 0 rings (SSSR count). The maximum atomic E-state index is 4.66. The molecule has 9 heavy (non-hydrogen) atoms. The molecule has 3 heteroatoms. The normalized spacial score (nSPS) is 14.6. The lowest BCUT2D eigenvalue weighted by atomic mass is 10.2. The van der Waals surface area contributed by atoms with E-state index < -0.39 is 0 Å². The molecule has 1 unspecified atom stereocenters. The molecule has 0 bridgehead atoms. The second-order valence-electron chi connectivity index (χ2n) is 1.84. The van der Waals surface area contributed by atoms with Gasteiger partial charge in [0.1, 0.15) is 0 Å². The molecule has 0 radical (unpaired) electrons. The minimum absolute atomic E-state index is 0.329. The Morgan fingerprint density at radius 1 is 1.67 bits per heavy atom. The summed E-state index contributed by atoms with van der Waals surface area (Å²) in [5, 5.41) is 0. The second kappa shape index (κ2) is 5.72. The highest BCUT2D eigenvalue weighted by molar-refractivity contribution is 5.59. The van der Waals surface area contributed by atoms with E-state index in [0.717, 1.165) is 0 Å². The lowest BCUT2D eigenvalue weighted by Crippen LogP contribution is -2.05. The van der Waals surface area contributed by atoms with Crippen molar-refractivity contribution in [2.24, 2.45) is 10.9 Å². The van der Waals surface area contributed by atoms with Gasteiger partial charge >= 0.3 is 0 Å². The quantitative estimate of drug-likeness (QED) is 0.322. The fourth-order valence-electron chi connectivity index (χ4n) is 0.473. The third-order valence-corrected chi connectivity index (χ3v) is 0.852. The van der Waals surface area contributed by atoms with E-state index in [4.69, 9.17) is 0 Å². The van der Waals surface area contributed by atoms with E-state index >= 15 is 0 Å². The van der Waals surface area contributed by atoms with Crippen molar-refractivity contribution in [2.45, 2.75) is 6.92 Å². The average Bonchev–Trinajstić information content (AvgIpc) is 1.85. The van der Waals surface area contributed by atoms with E-state index in [2.05, 4.69) is 14.8 Å². The highest BCUT2D eigenvalue weighted by Crippen LogP contribution is 1.90. The summed E-state index contributed by atoms with van der Waals surface area (Å²) >= 11 is 0. The number of rotatable bonds is 4. The first-order valence-corrected chi connectivity index (χ1v) is 2.89. The lowest BCUT2D eigenvalue weighted by molar-refractivity contribution is -0.275. The Balaban J connectivity index is 3.15. The van der Waals surface area contributed by atoms with Gasteiger partial charge in [0.25, 0.3) is 0 Å². The van der Waals surface area contributed by atoms with E-state index in [1.807, 2.05) is 13.1 Å². The van der Waals surface area contributed by atoms with Crippen molar-refractivity contribution in [1.82, 2.24) is 0 Å². The minimum Gasteiger partial charge on any atom is -0.300 e. The van der Waals surface area contributed by atoms with E-state index in [-0.39, 0.29) is 0 Å². The van der Waals surface area contributed by atoms with Gasteiger partial charge in [-0.25, -0.2) is 9.78 Å². The van der Waals surface area contributed by atoms with Crippen molar-refractivity contribution in [1.29, 1.82) is 0 Å². The molecule has 0 aromatic heterocycles. The second-order valence-corrected chi connectivity index (χ2v) is 1.84. The van der Waals surface area contributed by atoms with E-state index in [1.165, 1.54) is 7.11 Å². The van der Waals surface area contributed by atoms with E-state index in [9.17, 15) is 0 Å². The molecular weight excluding hydrogens is 118 g/mol. The van der Waals surface area contributed by atoms with Gasteiger partial charge in [-0.3, -0.25) is 0 Å². The Kier molecular flexibility index (Phi) is 5.46. The van der Waals surface area contributed by atoms with Crippen molar-refractivity contribution in [3.63, 3.8) is 0 Å². The minimum atomic E-state index is 0.329. The predicted molar refractivity (Wildman–Crippen MR) is 36.5 cm³/mol. The zero-order valence-corrected chi connectivity index (χ0v) is 6.13. The molecule has 0 saturated carbocycles. The van der Waals surface area contributed by atoms with Crippen LogP contribution in [0.3, 0.4) is 0 Å². The van der Waals surface area contributed by atoms with Crippen molar-refractivity contribution in [2.75, 3.05) is 20.8 Å². The predicted octanol–water partition coefficient (Wildman–Crippen LogP) is 0.901. The zero-order chi connectivity index (χ0) is 7.11. The summed E-state index contributed by atoms with van der Waals surface area (Å²) in [4.78, 5) is 12.9. The smallest absolute Gasteiger partial charge is 0.0896 e. The molecule has 0 aliphatic rings. The Labute approximate surface area is 55.6 Å². The molecule has 0 aromatic rings. The van der Waals surface area contributed by atoms with Gasteiger partial charge in [-0.1, -0.05) is 6.92 Å². The first-order chi connectivity index (χ1) is 4.31. The van der Waals surface area contributed by atoms with Crippen LogP contribution in [0.25, 0.3) is 0 Å². The fourth-order valence-corrected chi connectivity index (χ4v) is 0.473. The van der Waals surface area contributed by atoms with Crippen molar-refractivity contribution < 1.29 is 9.78 Å². The summed E-state index contributed by atoms with van der Waals surface area (Å²) in [7, 11) is 3.24. The number of aliphatic imine (C=N–C) groups is 1. The van der Waals surface area contributed by atoms with Gasteiger partial charge in [0.05, 0.1) is 13.7 Å². The molecule has 0 amide bonds. The lowest BCUT2D eigenvalue weighted by Gasteiger charge is -2.01. The molecule has 0 spiro atoms. The van der Waals surface area contributed by atoms with Crippen LogP contribution in [0.4, 0.5) is 0 Å². The first kappa shape index (κ1) is 8.59. The first-order valence-electron chi connectivity index (χ1n) is 2.89. The monoisotopic (exact) mass is 131 g/mol. The molecule has 3 nitrogen and oxygen atoms in total. The molecule has 0 aromatic carbocycles. The van der Waals surface area contributed by atoms with Gasteiger partial charge in [0, 0.05) is 19.2 Å². The molecule has 0 saturated heterocycles. The standard InChI is InChI=1S/C6H13NO2/c1-6(4-7-2)5-9-8-3/h4,6H,5H2,1-3H3. The third-order valence-electron chi connectivity index (χ3n) is 0.852. The molecule has 0 N–H and O–H groups in total. The summed E-state index contributed by atoms with van der Waals surface area (Å²) in [5.74, 6) is 0.329. The fraction of sp³-hybridized carbons (Fsp3) is 0.833. The molecular formula is C6H13NO2. The zero-order valence-electron chi connectivity index (χ0n) is 6.13. The maximum Gasteiger partial charge on any atom is 0.0896 e. The van der Waals surface area contributed by atoms with Crippen LogP contribution in [-0.4, -0.2) is 27.0 Å². The van der Waals surface area contributed by atoms with Gasteiger partial charge in [-0.15, -0.1) is 0 Å². The van der Waals surface area contributed by atoms with Gasteiger partial charge in [-0.05, 0) is 0 Å². The van der Waals surface area contributed by atoms with Crippen LogP contribution in [0.2, 0.25) is 0 Å². The topological polar surface area (TPSA) is 30.8 Å². The van der Waals surface area contributed by atoms with Gasteiger partial charge < -0.3 is 4.99 Å². The Hall–Kier alpha value is -0.410. The van der Waals surface area contributed by atoms with Crippen LogP contribution < -0.4 is 0 Å². The Morgan fingerprint density at radius 2 is 2.33 bits per heavy atom. The summed E-state index contributed by atoms with van der Waals surface area (Å²) in [6, 6.07) is 0. The van der Waals surface area contributed by atoms with Crippen molar-refractivity contribution in [3.05, 3.63) is 0 Å². The third kappa shape index (κ3) is 5.46. The summed E-state index contributed by atoms with van der Waals surface area (Å²) < 4.78 is 0. The summed E-state index contributed by atoms with van der Waals surface area (Å²) in [6.45, 7) is 2.57. The van der Waals surface area contributed by atoms with Gasteiger partial charge in [0.2, 0.25) is 0 Å². The number of nitrogens with zero attached hydrogens (tertiary/aromatic N) is 1. The van der Waals surface area contributed by atoms with Crippen molar-refractivity contribution >= 4 is 6.21 Å². The molecule has 0 aliphatic carbocycles. The largest absolute Gasteiger partial charge is 0.300 e. The van der Waals surface area contributed by atoms with Crippen LogP contribution in [0.1, 0.15) is 6.92 Å². The average molecular weight is 131 g/mol. The highest BCUT2D eigenvalue weighted by Gasteiger charge is 1.95. The molecule has 0 fully saturated rings. The maximum absolute atomic E-state index is 4.66.